The van der Waals surface area contributed by atoms with Gasteiger partial charge in [0.1, 0.15) is 5.82 Å². The third-order valence-corrected chi connectivity index (χ3v) is 5.51. The molecule has 31 heavy (non-hydrogen) atoms. The van der Waals surface area contributed by atoms with Crippen LogP contribution in [0, 0.1) is 5.82 Å². The van der Waals surface area contributed by atoms with E-state index < -0.39 is 0 Å². The molecule has 0 aliphatic heterocycles. The van der Waals surface area contributed by atoms with E-state index in [4.69, 9.17) is 11.6 Å². The van der Waals surface area contributed by atoms with Crippen LogP contribution in [0.1, 0.15) is 28.8 Å². The number of nitrogens with zero attached hydrogens (tertiary/aromatic N) is 3. The van der Waals surface area contributed by atoms with Gasteiger partial charge in [-0.2, -0.15) is 0 Å². The van der Waals surface area contributed by atoms with Crippen molar-refractivity contribution in [3.8, 4) is 11.3 Å². The number of anilines is 1. The number of carbonyl (C=O) groups excluding carboxylic acids is 1. The fourth-order valence-electron chi connectivity index (χ4n) is 3.44. The Morgan fingerprint density at radius 1 is 1.19 bits per heavy atom. The average molecular weight is 436 g/mol. The van der Waals surface area contributed by atoms with Gasteiger partial charge in [0.2, 0.25) is 0 Å². The predicted octanol–water partition coefficient (Wildman–Crippen LogP) is 4.69. The monoisotopic (exact) mass is 435 g/mol. The second kappa shape index (κ2) is 8.00. The molecule has 4 aromatic rings. The van der Waals surface area contributed by atoms with Crippen molar-refractivity contribution >= 4 is 29.0 Å². The van der Waals surface area contributed by atoms with Gasteiger partial charge in [0.15, 0.2) is 11.5 Å². The van der Waals surface area contributed by atoms with Crippen LogP contribution in [0.5, 0.6) is 0 Å². The maximum Gasteiger partial charge on any atom is 0.253 e. The lowest BCUT2D eigenvalue weighted by Crippen LogP contribution is -2.25. The lowest BCUT2D eigenvalue weighted by molar-refractivity contribution is 0.0951. The molecule has 0 unspecified atom stereocenters. The fourth-order valence-corrected chi connectivity index (χ4v) is 3.71. The van der Waals surface area contributed by atoms with Gasteiger partial charge in [0.05, 0.1) is 22.5 Å². The van der Waals surface area contributed by atoms with Crippen LogP contribution in [-0.4, -0.2) is 26.3 Å². The predicted molar refractivity (Wildman–Crippen MR) is 118 cm³/mol. The molecule has 8 heteroatoms. The molecule has 5 rings (SSSR count). The highest BCUT2D eigenvalue weighted by Gasteiger charge is 2.25. The number of imidazole rings is 1. The highest BCUT2D eigenvalue weighted by molar-refractivity contribution is 6.34. The zero-order valence-electron chi connectivity index (χ0n) is 16.5. The van der Waals surface area contributed by atoms with Crippen molar-refractivity contribution < 1.29 is 9.18 Å². The fraction of sp³-hybridized carbons (Fsp3) is 0.174. The lowest BCUT2D eigenvalue weighted by atomic mass is 10.1. The molecule has 1 fully saturated rings. The molecule has 0 radical (unpaired) electrons. The summed E-state index contributed by atoms with van der Waals surface area (Å²) in [4.78, 5) is 21.2. The quantitative estimate of drug-likeness (QED) is 0.460. The molecule has 2 aromatic carbocycles. The van der Waals surface area contributed by atoms with Crippen molar-refractivity contribution in [2.75, 3.05) is 5.32 Å². The van der Waals surface area contributed by atoms with Gasteiger partial charge in [-0.05, 0) is 42.7 Å². The second-order valence-electron chi connectivity index (χ2n) is 7.54. The third-order valence-electron chi connectivity index (χ3n) is 5.20. The van der Waals surface area contributed by atoms with Gasteiger partial charge in [-0.25, -0.2) is 14.4 Å². The molecule has 1 aliphatic carbocycles. The van der Waals surface area contributed by atoms with Crippen LogP contribution >= 0.6 is 11.6 Å². The molecule has 1 aliphatic rings. The van der Waals surface area contributed by atoms with Crippen LogP contribution in [0.3, 0.4) is 0 Å². The highest BCUT2D eigenvalue weighted by Crippen LogP contribution is 2.28. The molecule has 2 aromatic heterocycles. The number of amides is 1. The molecule has 156 valence electrons. The maximum atomic E-state index is 13.4. The Bertz CT molecular complexity index is 1280. The minimum absolute atomic E-state index is 0.148. The molecular weight excluding hydrogens is 417 g/mol. The molecule has 0 spiro atoms. The standard InChI is InChI=1S/C23H19ClFN5O/c24-19-11-15(4-7-18(19)23(31)29-17-5-6-17)20-13-28-22-21(26-8-9-30(20)22)27-12-14-2-1-3-16(25)10-14/h1-4,7-11,13,17H,5-6,12H2,(H,26,27)(H,29,31). The van der Waals surface area contributed by atoms with E-state index in [1.807, 2.05) is 22.7 Å². The number of hydrogen-bond donors (Lipinski definition) is 2. The minimum Gasteiger partial charge on any atom is -0.363 e. The van der Waals surface area contributed by atoms with E-state index in [-0.39, 0.29) is 17.8 Å². The first-order valence-corrected chi connectivity index (χ1v) is 10.4. The van der Waals surface area contributed by atoms with E-state index in [1.165, 1.54) is 12.1 Å². The van der Waals surface area contributed by atoms with Gasteiger partial charge in [0.25, 0.3) is 5.91 Å². The summed E-state index contributed by atoms with van der Waals surface area (Å²) in [5, 5.41) is 6.56. The van der Waals surface area contributed by atoms with Gasteiger partial charge >= 0.3 is 0 Å². The van der Waals surface area contributed by atoms with Crippen molar-refractivity contribution in [3.63, 3.8) is 0 Å². The van der Waals surface area contributed by atoms with Gasteiger partial charge in [-0.1, -0.05) is 29.8 Å². The number of rotatable bonds is 6. The molecule has 1 amide bonds. The second-order valence-corrected chi connectivity index (χ2v) is 7.95. The zero-order chi connectivity index (χ0) is 21.4. The van der Waals surface area contributed by atoms with Crippen molar-refractivity contribution in [2.24, 2.45) is 0 Å². The molecule has 2 heterocycles. The van der Waals surface area contributed by atoms with Crippen molar-refractivity contribution in [2.45, 2.75) is 25.4 Å². The summed E-state index contributed by atoms with van der Waals surface area (Å²) in [5.41, 5.74) is 3.57. The normalized spacial score (nSPS) is 13.4. The highest BCUT2D eigenvalue weighted by atomic mass is 35.5. The van der Waals surface area contributed by atoms with Crippen LogP contribution in [0.4, 0.5) is 10.2 Å². The van der Waals surface area contributed by atoms with Gasteiger partial charge in [-0.15, -0.1) is 0 Å². The largest absolute Gasteiger partial charge is 0.363 e. The Morgan fingerprint density at radius 2 is 2.06 bits per heavy atom. The Hall–Kier alpha value is -3.45. The van der Waals surface area contributed by atoms with Crippen LogP contribution in [-0.2, 0) is 6.54 Å². The topological polar surface area (TPSA) is 71.3 Å². The molecule has 1 saturated carbocycles. The Balaban J connectivity index is 1.41. The molecule has 2 N–H and O–H groups in total. The number of aromatic nitrogens is 3. The van der Waals surface area contributed by atoms with Crippen LogP contribution in [0.15, 0.2) is 61.1 Å². The molecular formula is C23H19ClFN5O. The summed E-state index contributed by atoms with van der Waals surface area (Å²) in [6.45, 7) is 0.420. The van der Waals surface area contributed by atoms with Gasteiger partial charge in [-0.3, -0.25) is 9.20 Å². The van der Waals surface area contributed by atoms with Crippen molar-refractivity contribution in [3.05, 3.63) is 83.0 Å². The first-order valence-electron chi connectivity index (χ1n) is 9.99. The molecule has 6 nitrogen and oxygen atoms in total. The summed E-state index contributed by atoms with van der Waals surface area (Å²) in [7, 11) is 0. The minimum atomic E-state index is -0.278. The molecule has 0 bridgehead atoms. The van der Waals surface area contributed by atoms with E-state index >= 15 is 0 Å². The number of halogens is 2. The summed E-state index contributed by atoms with van der Waals surface area (Å²) < 4.78 is 15.3. The van der Waals surface area contributed by atoms with Crippen molar-refractivity contribution in [1.29, 1.82) is 0 Å². The van der Waals surface area contributed by atoms with Gasteiger partial charge in [0, 0.05) is 30.5 Å². The summed E-state index contributed by atoms with van der Waals surface area (Å²) in [6.07, 6.45) is 7.26. The van der Waals surface area contributed by atoms with E-state index in [1.54, 1.807) is 30.6 Å². The Morgan fingerprint density at radius 3 is 2.84 bits per heavy atom. The number of carbonyl (C=O) groups is 1. The first kappa shape index (κ1) is 19.5. The summed E-state index contributed by atoms with van der Waals surface area (Å²) in [5.74, 6) is 0.162. The Kier molecular flexibility index (Phi) is 5.03. The Labute approximate surface area is 183 Å². The van der Waals surface area contributed by atoms with Crippen LogP contribution in [0.25, 0.3) is 16.9 Å². The van der Waals surface area contributed by atoms with Crippen LogP contribution < -0.4 is 10.6 Å². The summed E-state index contributed by atoms with van der Waals surface area (Å²) in [6, 6.07) is 12.0. The molecule has 0 saturated heterocycles. The average Bonchev–Trinajstić information content (AvgIpc) is 3.46. The van der Waals surface area contributed by atoms with E-state index in [2.05, 4.69) is 20.6 Å². The maximum absolute atomic E-state index is 13.4. The molecule has 0 atom stereocenters. The van der Waals surface area contributed by atoms with E-state index in [0.29, 0.717) is 28.6 Å². The zero-order valence-corrected chi connectivity index (χ0v) is 17.2. The van der Waals surface area contributed by atoms with E-state index in [9.17, 15) is 9.18 Å². The SMILES string of the molecule is O=C(NC1CC1)c1ccc(-c2cnc3c(NCc4cccc(F)c4)nccn23)cc1Cl. The first-order chi connectivity index (χ1) is 15.1. The van der Waals surface area contributed by atoms with Gasteiger partial charge < -0.3 is 10.6 Å². The van der Waals surface area contributed by atoms with Crippen molar-refractivity contribution in [1.82, 2.24) is 19.7 Å². The van der Waals surface area contributed by atoms with Crippen LogP contribution in [0.2, 0.25) is 5.02 Å². The third kappa shape index (κ3) is 4.09. The number of benzene rings is 2. The number of fused-ring (bicyclic) bond motifs is 1. The number of hydrogen-bond acceptors (Lipinski definition) is 4. The summed E-state index contributed by atoms with van der Waals surface area (Å²) >= 11 is 6.41. The smallest absolute Gasteiger partial charge is 0.253 e. The number of nitrogens with one attached hydrogen (secondary N) is 2. The lowest BCUT2D eigenvalue weighted by Gasteiger charge is -2.09. The van der Waals surface area contributed by atoms with E-state index in [0.717, 1.165) is 29.7 Å².